The van der Waals surface area contributed by atoms with E-state index in [1.165, 1.54) is 7.05 Å². The predicted octanol–water partition coefficient (Wildman–Crippen LogP) is 6.21. The summed E-state index contributed by atoms with van der Waals surface area (Å²) in [5.74, 6) is -0.981. The Hall–Kier alpha value is -3.10. The fourth-order valence-electron chi connectivity index (χ4n) is 3.83. The van der Waals surface area contributed by atoms with Crippen LogP contribution in [0, 0.1) is 6.92 Å². The molecule has 0 aliphatic rings. The number of hydrogen-bond donors (Lipinski definition) is 0. The lowest BCUT2D eigenvalue weighted by atomic mass is 9.74. The lowest BCUT2D eigenvalue weighted by Crippen LogP contribution is -2.61. The van der Waals surface area contributed by atoms with Gasteiger partial charge in [0.15, 0.2) is 0 Å². The normalized spacial score (nSPS) is 13.3. The third-order valence-corrected chi connectivity index (χ3v) is 5.20. The molecule has 0 heterocycles. The van der Waals surface area contributed by atoms with E-state index < -0.39 is 52.4 Å². The van der Waals surface area contributed by atoms with Crippen molar-refractivity contribution < 1.29 is 33.4 Å². The summed E-state index contributed by atoms with van der Waals surface area (Å²) < 4.78 is 16.3. The fraction of sp³-hybridized carbons (Fsp3) is 0.643. The summed E-state index contributed by atoms with van der Waals surface area (Å²) in [6.45, 7) is 20.2. The van der Waals surface area contributed by atoms with Gasteiger partial charge >= 0.3 is 18.3 Å². The fourth-order valence-corrected chi connectivity index (χ4v) is 3.83. The van der Waals surface area contributed by atoms with Gasteiger partial charge in [-0.2, -0.15) is 0 Å². The Labute approximate surface area is 221 Å². The Balaban J connectivity index is 3.78. The molecule has 1 aromatic rings. The molecule has 1 unspecified atom stereocenters. The molecular formula is C28H44N2O7. The van der Waals surface area contributed by atoms with E-state index in [1.807, 2.05) is 31.2 Å². The van der Waals surface area contributed by atoms with E-state index >= 15 is 0 Å². The summed E-state index contributed by atoms with van der Waals surface area (Å²) in [6, 6.07) is 6.05. The monoisotopic (exact) mass is 520 g/mol. The van der Waals surface area contributed by atoms with Crippen molar-refractivity contribution in [3.05, 3.63) is 35.4 Å². The van der Waals surface area contributed by atoms with Gasteiger partial charge < -0.3 is 14.2 Å². The van der Waals surface area contributed by atoms with E-state index in [9.17, 15) is 19.2 Å². The van der Waals surface area contributed by atoms with E-state index in [2.05, 4.69) is 0 Å². The van der Waals surface area contributed by atoms with Crippen LogP contribution in [0.1, 0.15) is 87.3 Å². The van der Waals surface area contributed by atoms with Crippen molar-refractivity contribution >= 4 is 24.2 Å². The van der Waals surface area contributed by atoms with Crippen LogP contribution in [0.4, 0.5) is 14.4 Å². The molecule has 0 radical (unpaired) electrons. The average Bonchev–Trinajstić information content (AvgIpc) is 2.63. The second-order valence-corrected chi connectivity index (χ2v) is 12.7. The minimum absolute atomic E-state index is 0.335. The first-order valence-corrected chi connectivity index (χ1v) is 12.3. The van der Waals surface area contributed by atoms with Crippen molar-refractivity contribution in [1.82, 2.24) is 9.80 Å². The molecule has 4 amide bonds. The smallest absolute Gasteiger partial charge is 0.426 e. The third-order valence-electron chi connectivity index (χ3n) is 5.20. The molecule has 0 saturated heterocycles. The van der Waals surface area contributed by atoms with Crippen molar-refractivity contribution in [2.45, 2.75) is 111 Å². The summed E-state index contributed by atoms with van der Waals surface area (Å²) in [5, 5.41) is 0. The lowest BCUT2D eigenvalue weighted by Gasteiger charge is -2.42. The van der Waals surface area contributed by atoms with Gasteiger partial charge in [0.2, 0.25) is 0 Å². The topological polar surface area (TPSA) is 102 Å². The molecule has 1 atom stereocenters. The quantitative estimate of drug-likeness (QED) is 0.435. The maximum absolute atomic E-state index is 14.2. The highest BCUT2D eigenvalue weighted by Gasteiger charge is 2.49. The first-order chi connectivity index (χ1) is 16.5. The summed E-state index contributed by atoms with van der Waals surface area (Å²) in [5.41, 5.74) is -2.31. The van der Waals surface area contributed by atoms with Crippen LogP contribution in [-0.4, -0.2) is 63.9 Å². The molecule has 9 heteroatoms. The maximum Gasteiger partial charge on any atom is 0.426 e. The number of imide groups is 3. The van der Waals surface area contributed by atoms with Gasteiger partial charge in [0, 0.05) is 12.5 Å². The molecule has 0 aliphatic heterocycles. The minimum Gasteiger partial charge on any atom is -0.444 e. The van der Waals surface area contributed by atoms with Crippen molar-refractivity contribution in [3.63, 3.8) is 0 Å². The van der Waals surface area contributed by atoms with Crippen LogP contribution in [0.2, 0.25) is 0 Å². The second-order valence-electron chi connectivity index (χ2n) is 12.7. The van der Waals surface area contributed by atoms with E-state index in [1.54, 1.807) is 76.2 Å². The minimum atomic E-state index is -1.34. The SMILES string of the molecule is Cc1ccccc1C(C)(C)C(C(=O)N(C(=O)OC(C)(C)C)C(=O)OC(C)(C)C)N(C)C(=O)OC(C)(C)C. The molecule has 0 fully saturated rings. The number of aryl methyl sites for hydroxylation is 1. The molecular weight excluding hydrogens is 476 g/mol. The van der Waals surface area contributed by atoms with Crippen LogP contribution in [0.3, 0.4) is 0 Å². The van der Waals surface area contributed by atoms with Gasteiger partial charge in [-0.05, 0) is 80.4 Å². The van der Waals surface area contributed by atoms with E-state index in [-0.39, 0.29) is 0 Å². The van der Waals surface area contributed by atoms with Crippen LogP contribution in [-0.2, 0) is 24.4 Å². The highest BCUT2D eigenvalue weighted by Crippen LogP contribution is 2.34. The number of hydrogen-bond acceptors (Lipinski definition) is 7. The first kappa shape index (κ1) is 31.9. The number of amides is 4. The van der Waals surface area contributed by atoms with Gasteiger partial charge in [-0.15, -0.1) is 4.90 Å². The zero-order chi connectivity index (χ0) is 29.1. The number of nitrogens with zero attached hydrogens (tertiary/aromatic N) is 2. The standard InChI is InChI=1S/C28H44N2O7/c1-18-16-14-15-17-19(18)28(11,12)20(29(13)22(32)35-25(2,3)4)21(31)30(23(33)36-26(5,6)7)24(34)37-27(8,9)10/h14-17,20H,1-13H3. The summed E-state index contributed by atoms with van der Waals surface area (Å²) in [6.07, 6.45) is -3.19. The van der Waals surface area contributed by atoms with E-state index in [0.29, 0.717) is 4.90 Å². The number of benzene rings is 1. The van der Waals surface area contributed by atoms with Crippen LogP contribution in [0.15, 0.2) is 24.3 Å². The number of ether oxygens (including phenoxy) is 3. The van der Waals surface area contributed by atoms with Crippen LogP contribution >= 0.6 is 0 Å². The molecule has 1 rings (SSSR count). The maximum atomic E-state index is 14.2. The molecule has 0 bridgehead atoms. The van der Waals surface area contributed by atoms with Gasteiger partial charge in [0.05, 0.1) is 0 Å². The molecule has 0 spiro atoms. The van der Waals surface area contributed by atoms with Crippen LogP contribution in [0.5, 0.6) is 0 Å². The first-order valence-electron chi connectivity index (χ1n) is 12.3. The number of likely N-dealkylation sites (N-methyl/N-ethyl adjacent to an activating group) is 1. The highest BCUT2D eigenvalue weighted by atomic mass is 16.6. The molecule has 0 aliphatic carbocycles. The Bertz CT molecular complexity index is 983. The zero-order valence-electron chi connectivity index (χ0n) is 24.6. The van der Waals surface area contributed by atoms with Crippen molar-refractivity contribution in [1.29, 1.82) is 0 Å². The van der Waals surface area contributed by atoms with Crippen LogP contribution in [0.25, 0.3) is 0 Å². The Morgan fingerprint density at radius 3 is 1.43 bits per heavy atom. The lowest BCUT2D eigenvalue weighted by molar-refractivity contribution is -0.137. The van der Waals surface area contributed by atoms with Gasteiger partial charge in [-0.1, -0.05) is 38.1 Å². The largest absolute Gasteiger partial charge is 0.444 e. The van der Waals surface area contributed by atoms with Gasteiger partial charge in [-0.25, -0.2) is 14.4 Å². The average molecular weight is 521 g/mol. The van der Waals surface area contributed by atoms with Gasteiger partial charge in [0.25, 0.3) is 5.91 Å². The number of carbonyl (C=O) groups excluding carboxylic acids is 4. The van der Waals surface area contributed by atoms with Crippen molar-refractivity contribution in [2.75, 3.05) is 7.05 Å². The third kappa shape index (κ3) is 9.05. The molecule has 37 heavy (non-hydrogen) atoms. The molecule has 1 aromatic carbocycles. The Kier molecular flexibility index (Phi) is 9.59. The molecule has 9 nitrogen and oxygen atoms in total. The molecule has 0 N–H and O–H groups in total. The summed E-state index contributed by atoms with van der Waals surface area (Å²) in [7, 11) is 1.40. The van der Waals surface area contributed by atoms with Crippen molar-refractivity contribution in [2.24, 2.45) is 0 Å². The second kappa shape index (κ2) is 11.1. The molecule has 208 valence electrons. The van der Waals surface area contributed by atoms with Gasteiger partial charge in [0.1, 0.15) is 22.8 Å². The Morgan fingerprint density at radius 2 is 1.05 bits per heavy atom. The number of carbonyl (C=O) groups is 4. The van der Waals surface area contributed by atoms with Gasteiger partial charge in [-0.3, -0.25) is 9.69 Å². The molecule has 0 aromatic heterocycles. The van der Waals surface area contributed by atoms with E-state index in [4.69, 9.17) is 14.2 Å². The highest BCUT2D eigenvalue weighted by molar-refractivity contribution is 6.09. The van der Waals surface area contributed by atoms with Crippen molar-refractivity contribution in [3.8, 4) is 0 Å². The Morgan fingerprint density at radius 1 is 0.676 bits per heavy atom. The number of rotatable bonds is 4. The van der Waals surface area contributed by atoms with E-state index in [0.717, 1.165) is 16.0 Å². The predicted molar refractivity (Wildman–Crippen MR) is 141 cm³/mol. The molecule has 0 saturated carbocycles. The van der Waals surface area contributed by atoms with Crippen LogP contribution < -0.4 is 0 Å². The summed E-state index contributed by atoms with van der Waals surface area (Å²) in [4.78, 5) is 55.3. The zero-order valence-corrected chi connectivity index (χ0v) is 24.6. The summed E-state index contributed by atoms with van der Waals surface area (Å²) >= 11 is 0.